The SMILES string of the molecule is COC1CN(CCNC(=O)OCc2ccccc2)C1. The normalized spacial score (nSPS) is 15.8. The number of carbonyl (C=O) groups is 1. The predicted molar refractivity (Wildman–Crippen MR) is 71.9 cm³/mol. The number of hydrogen-bond acceptors (Lipinski definition) is 4. The number of ether oxygens (including phenoxy) is 2. The zero-order valence-electron chi connectivity index (χ0n) is 11.2. The topological polar surface area (TPSA) is 50.8 Å². The lowest BCUT2D eigenvalue weighted by Gasteiger charge is -2.37. The number of hydrogen-bond donors (Lipinski definition) is 1. The van der Waals surface area contributed by atoms with Crippen LogP contribution in [0.5, 0.6) is 0 Å². The number of methoxy groups -OCH3 is 1. The highest BCUT2D eigenvalue weighted by atomic mass is 16.5. The highest BCUT2D eigenvalue weighted by Crippen LogP contribution is 2.08. The number of benzene rings is 1. The fraction of sp³-hybridized carbons (Fsp3) is 0.500. The zero-order chi connectivity index (χ0) is 13.5. The number of alkyl carbamates (subject to hydrolysis) is 1. The van der Waals surface area contributed by atoms with E-state index in [0.717, 1.165) is 25.2 Å². The minimum atomic E-state index is -0.368. The average molecular weight is 264 g/mol. The van der Waals surface area contributed by atoms with Gasteiger partial charge in [-0.25, -0.2) is 4.79 Å². The number of nitrogens with one attached hydrogen (secondary N) is 1. The van der Waals surface area contributed by atoms with Crippen molar-refractivity contribution in [1.29, 1.82) is 0 Å². The van der Waals surface area contributed by atoms with Crippen molar-refractivity contribution >= 4 is 6.09 Å². The van der Waals surface area contributed by atoms with E-state index in [0.29, 0.717) is 19.3 Å². The van der Waals surface area contributed by atoms with Gasteiger partial charge in [-0.15, -0.1) is 0 Å². The van der Waals surface area contributed by atoms with Crippen LogP contribution in [0.3, 0.4) is 0 Å². The first kappa shape index (κ1) is 13.8. The summed E-state index contributed by atoms with van der Waals surface area (Å²) in [6.07, 6.45) is -0.0160. The molecule has 0 saturated carbocycles. The summed E-state index contributed by atoms with van der Waals surface area (Å²) < 4.78 is 10.3. The third kappa shape index (κ3) is 4.54. The summed E-state index contributed by atoms with van der Waals surface area (Å²) in [4.78, 5) is 13.7. The summed E-state index contributed by atoms with van der Waals surface area (Å²) in [6, 6.07) is 9.64. The van der Waals surface area contributed by atoms with Crippen molar-refractivity contribution in [2.24, 2.45) is 0 Å². The molecule has 1 fully saturated rings. The molecule has 1 aliphatic rings. The molecule has 0 aromatic heterocycles. The molecule has 0 aliphatic carbocycles. The van der Waals surface area contributed by atoms with E-state index in [4.69, 9.17) is 9.47 Å². The van der Waals surface area contributed by atoms with Gasteiger partial charge in [0.15, 0.2) is 0 Å². The summed E-state index contributed by atoms with van der Waals surface area (Å²) in [7, 11) is 1.72. The number of carbonyl (C=O) groups excluding carboxylic acids is 1. The molecule has 104 valence electrons. The van der Waals surface area contributed by atoms with Crippen molar-refractivity contribution in [2.75, 3.05) is 33.3 Å². The van der Waals surface area contributed by atoms with Crippen molar-refractivity contribution < 1.29 is 14.3 Å². The third-order valence-electron chi connectivity index (χ3n) is 3.17. The third-order valence-corrected chi connectivity index (χ3v) is 3.17. The number of nitrogens with zero attached hydrogens (tertiary/aromatic N) is 1. The standard InChI is InChI=1S/C14H20N2O3/c1-18-13-9-16(10-13)8-7-15-14(17)19-11-12-5-3-2-4-6-12/h2-6,13H,7-11H2,1H3,(H,15,17). The largest absolute Gasteiger partial charge is 0.445 e. The fourth-order valence-electron chi connectivity index (χ4n) is 1.94. The molecule has 1 N–H and O–H groups in total. The Balaban J connectivity index is 1.53. The minimum Gasteiger partial charge on any atom is -0.445 e. The van der Waals surface area contributed by atoms with Gasteiger partial charge < -0.3 is 14.8 Å². The van der Waals surface area contributed by atoms with E-state index in [-0.39, 0.29) is 6.09 Å². The Morgan fingerprint density at radius 2 is 2.11 bits per heavy atom. The first-order valence-electron chi connectivity index (χ1n) is 6.47. The molecule has 0 spiro atoms. The lowest BCUT2D eigenvalue weighted by Crippen LogP contribution is -2.53. The van der Waals surface area contributed by atoms with Crippen LogP contribution in [0.2, 0.25) is 0 Å². The lowest BCUT2D eigenvalue weighted by molar-refractivity contribution is -0.0282. The van der Waals surface area contributed by atoms with Crippen molar-refractivity contribution in [2.45, 2.75) is 12.7 Å². The van der Waals surface area contributed by atoms with Crippen LogP contribution >= 0.6 is 0 Å². The van der Waals surface area contributed by atoms with Gasteiger partial charge in [-0.05, 0) is 5.56 Å². The van der Waals surface area contributed by atoms with Crippen molar-refractivity contribution in [3.63, 3.8) is 0 Å². The molecule has 1 amide bonds. The number of likely N-dealkylation sites (tertiary alicyclic amines) is 1. The van der Waals surface area contributed by atoms with Crippen LogP contribution in [0.4, 0.5) is 4.79 Å². The molecular formula is C14H20N2O3. The van der Waals surface area contributed by atoms with E-state index in [1.165, 1.54) is 0 Å². The molecular weight excluding hydrogens is 244 g/mol. The molecule has 1 saturated heterocycles. The summed E-state index contributed by atoms with van der Waals surface area (Å²) in [5.41, 5.74) is 0.989. The molecule has 5 nitrogen and oxygen atoms in total. The second-order valence-corrected chi connectivity index (χ2v) is 4.61. The number of amides is 1. The second-order valence-electron chi connectivity index (χ2n) is 4.61. The van der Waals surface area contributed by atoms with Crippen molar-refractivity contribution in [3.8, 4) is 0 Å². The Labute approximate surface area is 113 Å². The Bertz CT molecular complexity index is 391. The first-order valence-corrected chi connectivity index (χ1v) is 6.47. The van der Waals surface area contributed by atoms with Crippen LogP contribution < -0.4 is 5.32 Å². The van der Waals surface area contributed by atoms with Crippen LogP contribution in [0.15, 0.2) is 30.3 Å². The van der Waals surface area contributed by atoms with E-state index in [1.54, 1.807) is 7.11 Å². The van der Waals surface area contributed by atoms with Gasteiger partial charge >= 0.3 is 6.09 Å². The van der Waals surface area contributed by atoms with Crippen LogP contribution in [0.1, 0.15) is 5.56 Å². The van der Waals surface area contributed by atoms with Crippen LogP contribution in [-0.2, 0) is 16.1 Å². The summed E-state index contributed by atoms with van der Waals surface area (Å²) >= 11 is 0. The molecule has 0 atom stereocenters. The van der Waals surface area contributed by atoms with Gasteiger partial charge in [0.25, 0.3) is 0 Å². The Hall–Kier alpha value is -1.59. The van der Waals surface area contributed by atoms with E-state index in [9.17, 15) is 4.79 Å². The quantitative estimate of drug-likeness (QED) is 0.840. The molecule has 0 unspecified atom stereocenters. The smallest absolute Gasteiger partial charge is 0.407 e. The molecule has 0 bridgehead atoms. The predicted octanol–water partition coefficient (Wildman–Crippen LogP) is 1.24. The van der Waals surface area contributed by atoms with Gasteiger partial charge in [-0.2, -0.15) is 0 Å². The minimum absolute atomic E-state index is 0.308. The van der Waals surface area contributed by atoms with Gasteiger partial charge in [0.1, 0.15) is 6.61 Å². The molecule has 2 rings (SSSR count). The van der Waals surface area contributed by atoms with Crippen LogP contribution in [-0.4, -0.2) is 50.4 Å². The van der Waals surface area contributed by atoms with Crippen molar-refractivity contribution in [1.82, 2.24) is 10.2 Å². The van der Waals surface area contributed by atoms with Gasteiger partial charge in [0.05, 0.1) is 6.10 Å². The van der Waals surface area contributed by atoms with Crippen LogP contribution in [0, 0.1) is 0 Å². The van der Waals surface area contributed by atoms with E-state index >= 15 is 0 Å². The summed E-state index contributed by atoms with van der Waals surface area (Å²) in [6.45, 7) is 3.63. The maximum absolute atomic E-state index is 11.4. The van der Waals surface area contributed by atoms with Gasteiger partial charge in [0, 0.05) is 33.3 Å². The monoisotopic (exact) mass is 264 g/mol. The molecule has 1 aromatic carbocycles. The maximum Gasteiger partial charge on any atom is 0.407 e. The highest BCUT2D eigenvalue weighted by Gasteiger charge is 2.25. The van der Waals surface area contributed by atoms with E-state index < -0.39 is 0 Å². The molecule has 1 heterocycles. The highest BCUT2D eigenvalue weighted by molar-refractivity contribution is 5.67. The zero-order valence-corrected chi connectivity index (χ0v) is 11.2. The Morgan fingerprint density at radius 1 is 1.37 bits per heavy atom. The molecule has 19 heavy (non-hydrogen) atoms. The van der Waals surface area contributed by atoms with E-state index in [2.05, 4.69) is 10.2 Å². The van der Waals surface area contributed by atoms with Crippen LogP contribution in [0.25, 0.3) is 0 Å². The fourth-order valence-corrected chi connectivity index (χ4v) is 1.94. The average Bonchev–Trinajstić information content (AvgIpc) is 2.40. The molecule has 5 heteroatoms. The van der Waals surface area contributed by atoms with Gasteiger partial charge in [-0.3, -0.25) is 4.90 Å². The first-order chi connectivity index (χ1) is 9.28. The maximum atomic E-state index is 11.4. The summed E-state index contributed by atoms with van der Waals surface area (Å²) in [5, 5.41) is 2.74. The van der Waals surface area contributed by atoms with Gasteiger partial charge in [-0.1, -0.05) is 30.3 Å². The summed E-state index contributed by atoms with van der Waals surface area (Å²) in [5.74, 6) is 0. The van der Waals surface area contributed by atoms with E-state index in [1.807, 2.05) is 30.3 Å². The molecule has 1 aromatic rings. The Kier molecular flexibility index (Phi) is 5.18. The lowest BCUT2D eigenvalue weighted by atomic mass is 10.2. The number of rotatable bonds is 6. The molecule has 1 aliphatic heterocycles. The van der Waals surface area contributed by atoms with Crippen molar-refractivity contribution in [3.05, 3.63) is 35.9 Å². The Morgan fingerprint density at radius 3 is 2.79 bits per heavy atom. The molecule has 0 radical (unpaired) electrons. The van der Waals surface area contributed by atoms with Gasteiger partial charge in [0.2, 0.25) is 0 Å². The second kappa shape index (κ2) is 7.11.